The zero-order valence-electron chi connectivity index (χ0n) is 16.6. The van der Waals surface area contributed by atoms with Crippen LogP contribution in [0.25, 0.3) is 0 Å². The van der Waals surface area contributed by atoms with E-state index in [1.807, 2.05) is 11.0 Å². The number of aliphatic hydroxyl groups excluding tert-OH is 1. The van der Waals surface area contributed by atoms with Gasteiger partial charge in [-0.05, 0) is 30.7 Å². The van der Waals surface area contributed by atoms with E-state index in [9.17, 15) is 9.50 Å². The largest absolute Gasteiger partial charge is 0.382 e. The van der Waals surface area contributed by atoms with Gasteiger partial charge in [0.15, 0.2) is 0 Å². The second-order valence-electron chi connectivity index (χ2n) is 7.59. The molecule has 1 aromatic heterocycles. The Morgan fingerprint density at radius 2 is 1.79 bits per heavy atom. The lowest BCUT2D eigenvalue weighted by molar-refractivity contribution is 0.213. The van der Waals surface area contributed by atoms with E-state index in [1.165, 1.54) is 17.2 Å². The Morgan fingerprint density at radius 1 is 1.00 bits per heavy atom. The van der Waals surface area contributed by atoms with Gasteiger partial charge >= 0.3 is 0 Å². The Bertz CT molecular complexity index is 955. The van der Waals surface area contributed by atoms with E-state index >= 15 is 0 Å². The molecular weight excluding hydrogens is 365 g/mol. The number of para-hydroxylation sites is 1. The van der Waals surface area contributed by atoms with E-state index in [0.717, 1.165) is 19.6 Å². The predicted octanol–water partition coefficient (Wildman–Crippen LogP) is 3.93. The van der Waals surface area contributed by atoms with Crippen LogP contribution < -0.4 is 4.90 Å². The van der Waals surface area contributed by atoms with Gasteiger partial charge in [-0.2, -0.15) is 0 Å². The van der Waals surface area contributed by atoms with Gasteiger partial charge in [0, 0.05) is 44.5 Å². The first-order chi connectivity index (χ1) is 14.1. The molecule has 1 atom stereocenters. The van der Waals surface area contributed by atoms with Gasteiger partial charge in [0.1, 0.15) is 11.9 Å². The molecule has 0 saturated carbocycles. The molecular formula is C24H26FN3O. The van der Waals surface area contributed by atoms with Crippen LogP contribution in [0.3, 0.4) is 0 Å². The number of nitrogens with zero attached hydrogens (tertiary/aromatic N) is 3. The normalized spacial score (nSPS) is 16.0. The highest BCUT2D eigenvalue weighted by atomic mass is 19.1. The first kappa shape index (κ1) is 19.6. The lowest BCUT2D eigenvalue weighted by Crippen LogP contribution is -2.46. The van der Waals surface area contributed by atoms with E-state index in [2.05, 4.69) is 41.1 Å². The van der Waals surface area contributed by atoms with Crippen LogP contribution in [0.5, 0.6) is 0 Å². The van der Waals surface area contributed by atoms with Crippen LogP contribution in [-0.4, -0.2) is 41.2 Å². The molecule has 0 amide bonds. The highest BCUT2D eigenvalue weighted by Gasteiger charge is 2.25. The summed E-state index contributed by atoms with van der Waals surface area (Å²) in [6.07, 6.45) is 0.689. The minimum absolute atomic E-state index is 0.301. The fourth-order valence-corrected chi connectivity index (χ4v) is 3.98. The number of hydrogen-bond donors (Lipinski definition) is 1. The third-order valence-electron chi connectivity index (χ3n) is 5.46. The van der Waals surface area contributed by atoms with E-state index in [4.69, 9.17) is 0 Å². The summed E-state index contributed by atoms with van der Waals surface area (Å²) in [6.45, 7) is 6.14. The maximum absolute atomic E-state index is 14.8. The quantitative estimate of drug-likeness (QED) is 0.715. The van der Waals surface area contributed by atoms with Crippen LogP contribution in [0, 0.1) is 12.7 Å². The van der Waals surface area contributed by atoms with Crippen molar-refractivity contribution >= 4 is 5.69 Å². The molecule has 0 spiro atoms. The molecule has 4 rings (SSSR count). The second kappa shape index (κ2) is 8.72. The monoisotopic (exact) mass is 391 g/mol. The number of anilines is 1. The van der Waals surface area contributed by atoms with Crippen LogP contribution >= 0.6 is 0 Å². The fraction of sp³-hybridized carbons (Fsp3) is 0.292. The Labute approximate surface area is 171 Å². The van der Waals surface area contributed by atoms with Crippen LogP contribution in [-0.2, 0) is 6.54 Å². The molecule has 0 radical (unpaired) electrons. The number of rotatable bonds is 5. The number of piperazine rings is 1. The summed E-state index contributed by atoms with van der Waals surface area (Å²) in [5, 5.41) is 10.8. The number of aromatic nitrogens is 1. The summed E-state index contributed by atoms with van der Waals surface area (Å²) >= 11 is 0. The number of aliphatic hydroxyl groups is 1. The first-order valence-corrected chi connectivity index (χ1v) is 10.0. The first-order valence-electron chi connectivity index (χ1n) is 10.0. The molecule has 0 aliphatic carbocycles. The summed E-state index contributed by atoms with van der Waals surface area (Å²) in [5.74, 6) is -0.301. The van der Waals surface area contributed by atoms with E-state index in [-0.39, 0.29) is 5.82 Å². The van der Waals surface area contributed by atoms with Crippen molar-refractivity contribution in [3.63, 3.8) is 0 Å². The molecule has 1 N–H and O–H groups in total. The number of hydrogen-bond acceptors (Lipinski definition) is 4. The van der Waals surface area contributed by atoms with Crippen molar-refractivity contribution in [1.82, 2.24) is 9.88 Å². The highest BCUT2D eigenvalue weighted by molar-refractivity contribution is 5.57. The van der Waals surface area contributed by atoms with Crippen molar-refractivity contribution < 1.29 is 9.50 Å². The standard InChI is InChI=1S/C24H26FN3O/c1-18-6-4-7-19(16-18)17-27-12-14-28(15-13-27)23-20(8-5-9-21(23)25)24(29)22-10-2-3-11-26-22/h2-11,16,24,29H,12-15,17H2,1H3. The van der Waals surface area contributed by atoms with Crippen LogP contribution in [0.2, 0.25) is 0 Å². The summed E-state index contributed by atoms with van der Waals surface area (Å²) in [6, 6.07) is 18.8. The van der Waals surface area contributed by atoms with Crippen molar-refractivity contribution in [1.29, 1.82) is 0 Å². The SMILES string of the molecule is Cc1cccc(CN2CCN(c3c(F)cccc3C(O)c3ccccn3)CC2)c1. The molecule has 5 heteroatoms. The van der Waals surface area contributed by atoms with Crippen molar-refractivity contribution in [3.05, 3.63) is 95.1 Å². The number of halogens is 1. The maximum atomic E-state index is 14.8. The molecule has 4 nitrogen and oxygen atoms in total. The minimum Gasteiger partial charge on any atom is -0.382 e. The molecule has 1 fully saturated rings. The maximum Gasteiger partial charge on any atom is 0.146 e. The Morgan fingerprint density at radius 3 is 2.52 bits per heavy atom. The van der Waals surface area contributed by atoms with Crippen molar-refractivity contribution in [3.8, 4) is 0 Å². The topological polar surface area (TPSA) is 39.6 Å². The minimum atomic E-state index is -0.952. The van der Waals surface area contributed by atoms with Gasteiger partial charge in [0.2, 0.25) is 0 Å². The van der Waals surface area contributed by atoms with Gasteiger partial charge in [-0.1, -0.05) is 48.0 Å². The summed E-state index contributed by atoms with van der Waals surface area (Å²) in [5.41, 5.74) is 4.14. The molecule has 29 heavy (non-hydrogen) atoms. The van der Waals surface area contributed by atoms with Gasteiger partial charge in [-0.15, -0.1) is 0 Å². The lowest BCUT2D eigenvalue weighted by Gasteiger charge is -2.37. The zero-order chi connectivity index (χ0) is 20.2. The number of aryl methyl sites for hydroxylation is 1. The molecule has 2 aromatic carbocycles. The van der Waals surface area contributed by atoms with Crippen molar-refractivity contribution in [2.75, 3.05) is 31.1 Å². The van der Waals surface area contributed by atoms with Crippen LogP contribution in [0.4, 0.5) is 10.1 Å². The molecule has 3 aromatic rings. The molecule has 1 aliphatic rings. The van der Waals surface area contributed by atoms with Gasteiger partial charge in [0.05, 0.1) is 11.4 Å². The van der Waals surface area contributed by atoms with E-state index in [1.54, 1.807) is 30.5 Å². The number of pyridine rings is 1. The molecule has 2 heterocycles. The molecule has 1 unspecified atom stereocenters. The molecule has 1 aliphatic heterocycles. The van der Waals surface area contributed by atoms with Gasteiger partial charge in [0.25, 0.3) is 0 Å². The Balaban J connectivity index is 1.50. The third kappa shape index (κ3) is 4.47. The summed E-state index contributed by atoms with van der Waals surface area (Å²) < 4.78 is 14.8. The highest BCUT2D eigenvalue weighted by Crippen LogP contribution is 2.33. The van der Waals surface area contributed by atoms with Gasteiger partial charge in [-0.25, -0.2) is 4.39 Å². The molecule has 0 bridgehead atoms. The predicted molar refractivity (Wildman–Crippen MR) is 113 cm³/mol. The fourth-order valence-electron chi connectivity index (χ4n) is 3.98. The Hall–Kier alpha value is -2.76. The average molecular weight is 391 g/mol. The summed E-state index contributed by atoms with van der Waals surface area (Å²) in [7, 11) is 0. The zero-order valence-corrected chi connectivity index (χ0v) is 16.6. The van der Waals surface area contributed by atoms with Crippen LogP contribution in [0.1, 0.15) is 28.5 Å². The lowest BCUT2D eigenvalue weighted by atomic mass is 10.0. The van der Waals surface area contributed by atoms with E-state index in [0.29, 0.717) is 30.0 Å². The van der Waals surface area contributed by atoms with Crippen LogP contribution in [0.15, 0.2) is 66.9 Å². The third-order valence-corrected chi connectivity index (χ3v) is 5.46. The summed E-state index contributed by atoms with van der Waals surface area (Å²) in [4.78, 5) is 8.67. The second-order valence-corrected chi connectivity index (χ2v) is 7.59. The molecule has 1 saturated heterocycles. The molecule has 150 valence electrons. The number of benzene rings is 2. The van der Waals surface area contributed by atoms with Gasteiger partial charge in [-0.3, -0.25) is 9.88 Å². The smallest absolute Gasteiger partial charge is 0.146 e. The average Bonchev–Trinajstić information content (AvgIpc) is 2.74. The van der Waals surface area contributed by atoms with E-state index < -0.39 is 6.10 Å². The van der Waals surface area contributed by atoms with Crippen molar-refractivity contribution in [2.45, 2.75) is 19.6 Å². The van der Waals surface area contributed by atoms with Crippen molar-refractivity contribution in [2.24, 2.45) is 0 Å². The van der Waals surface area contributed by atoms with Gasteiger partial charge < -0.3 is 10.0 Å². The Kier molecular flexibility index (Phi) is 5.88.